The third-order valence-electron chi connectivity index (χ3n) is 5.18. The van der Waals surface area contributed by atoms with Gasteiger partial charge in [0.1, 0.15) is 5.75 Å². The first-order valence-corrected chi connectivity index (χ1v) is 10.9. The third-order valence-corrected chi connectivity index (χ3v) is 5.18. The van der Waals surface area contributed by atoms with Gasteiger partial charge in [0.2, 0.25) is 12.2 Å². The Morgan fingerprint density at radius 2 is 1.14 bits per heavy atom. The van der Waals surface area contributed by atoms with E-state index in [1.165, 1.54) is 43.5 Å². The number of aliphatic carboxylic acids is 1. The summed E-state index contributed by atoms with van der Waals surface area (Å²) in [6, 6.07) is 18.7. The van der Waals surface area contributed by atoms with Crippen molar-refractivity contribution in [3.05, 3.63) is 95.1 Å². The van der Waals surface area contributed by atoms with Gasteiger partial charge in [-0.25, -0.2) is 14.4 Å². The Morgan fingerprint density at radius 3 is 1.56 bits per heavy atom. The number of aryl methyl sites for hydroxylation is 2. The molecule has 2 atom stereocenters. The normalized spacial score (nSPS) is 12.1. The number of nitrogens with one attached hydrogen (secondary N) is 1. The lowest BCUT2D eigenvalue weighted by atomic mass is 10.1. The predicted octanol–water partition coefficient (Wildman–Crippen LogP) is 3.79. The molecule has 0 heterocycles. The first kappa shape index (κ1) is 26.0. The van der Waals surface area contributed by atoms with Crippen LogP contribution in [0.2, 0.25) is 0 Å². The molecule has 3 aromatic carbocycles. The van der Waals surface area contributed by atoms with Gasteiger partial charge in [-0.2, -0.15) is 0 Å². The number of anilines is 1. The van der Waals surface area contributed by atoms with E-state index in [9.17, 15) is 24.3 Å². The highest BCUT2D eigenvalue weighted by Gasteiger charge is 2.41. The lowest BCUT2D eigenvalue weighted by Gasteiger charge is -2.23. The van der Waals surface area contributed by atoms with Crippen molar-refractivity contribution >= 4 is 29.5 Å². The molecule has 0 saturated heterocycles. The highest BCUT2D eigenvalue weighted by molar-refractivity contribution is 6.01. The molecule has 0 spiro atoms. The molecule has 3 aromatic rings. The molecule has 9 heteroatoms. The second-order valence-corrected chi connectivity index (χ2v) is 7.94. The fraction of sp³-hybridized carbons (Fsp3) is 0.185. The van der Waals surface area contributed by atoms with Crippen molar-refractivity contribution in [1.82, 2.24) is 0 Å². The molecule has 2 unspecified atom stereocenters. The minimum absolute atomic E-state index is 0.0750. The molecule has 2 N–H and O–H groups in total. The number of methoxy groups -OCH3 is 1. The van der Waals surface area contributed by atoms with Crippen LogP contribution in [0.1, 0.15) is 31.8 Å². The van der Waals surface area contributed by atoms with E-state index in [2.05, 4.69) is 5.32 Å². The number of carboxylic acids is 1. The summed E-state index contributed by atoms with van der Waals surface area (Å²) in [7, 11) is 1.48. The van der Waals surface area contributed by atoms with E-state index in [1.54, 1.807) is 36.4 Å². The lowest BCUT2D eigenvalue weighted by Crippen LogP contribution is -2.48. The summed E-state index contributed by atoms with van der Waals surface area (Å²) in [4.78, 5) is 50.6. The highest BCUT2D eigenvalue weighted by Crippen LogP contribution is 2.19. The fourth-order valence-corrected chi connectivity index (χ4v) is 3.13. The largest absolute Gasteiger partial charge is 0.497 e. The summed E-state index contributed by atoms with van der Waals surface area (Å²) in [5.74, 6) is -4.07. The number of hydrogen-bond acceptors (Lipinski definition) is 7. The van der Waals surface area contributed by atoms with Crippen molar-refractivity contribution in [1.29, 1.82) is 0 Å². The molecule has 0 fully saturated rings. The number of rotatable bonds is 9. The molecule has 0 aromatic heterocycles. The number of benzene rings is 3. The summed E-state index contributed by atoms with van der Waals surface area (Å²) >= 11 is 0. The maximum Gasteiger partial charge on any atom is 0.349 e. The Morgan fingerprint density at radius 1 is 0.694 bits per heavy atom. The number of ether oxygens (including phenoxy) is 3. The second kappa shape index (κ2) is 11.7. The Labute approximate surface area is 207 Å². The minimum Gasteiger partial charge on any atom is -0.497 e. The van der Waals surface area contributed by atoms with E-state index in [0.29, 0.717) is 5.75 Å². The van der Waals surface area contributed by atoms with Crippen molar-refractivity contribution in [3.63, 3.8) is 0 Å². The third kappa shape index (κ3) is 6.69. The van der Waals surface area contributed by atoms with E-state index < -0.39 is 36.0 Å². The average molecular weight is 491 g/mol. The molecule has 36 heavy (non-hydrogen) atoms. The van der Waals surface area contributed by atoms with E-state index in [-0.39, 0.29) is 16.8 Å². The van der Waals surface area contributed by atoms with Crippen molar-refractivity contribution in [3.8, 4) is 5.75 Å². The van der Waals surface area contributed by atoms with Crippen molar-refractivity contribution in [2.45, 2.75) is 26.1 Å². The van der Waals surface area contributed by atoms with Crippen molar-refractivity contribution < 1.29 is 38.5 Å². The van der Waals surface area contributed by atoms with Crippen LogP contribution in [0.15, 0.2) is 72.8 Å². The van der Waals surface area contributed by atoms with Crippen molar-refractivity contribution in [2.75, 3.05) is 12.4 Å². The number of esters is 2. The van der Waals surface area contributed by atoms with Crippen LogP contribution in [0.25, 0.3) is 0 Å². The van der Waals surface area contributed by atoms with Crippen LogP contribution in [-0.2, 0) is 19.1 Å². The molecule has 1 amide bonds. The second-order valence-electron chi connectivity index (χ2n) is 7.94. The van der Waals surface area contributed by atoms with Gasteiger partial charge in [-0.1, -0.05) is 35.4 Å². The number of carbonyl (C=O) groups is 4. The van der Waals surface area contributed by atoms with E-state index in [1.807, 2.05) is 13.8 Å². The molecule has 0 bridgehead atoms. The molecule has 3 rings (SSSR count). The molecular formula is C27H25NO8. The van der Waals surface area contributed by atoms with Crippen LogP contribution in [0, 0.1) is 13.8 Å². The standard InChI is InChI=1S/C27H25NO8/c1-16-4-8-18(9-5-16)26(32)35-22(24(29)28-20-12-14-21(34-3)15-13-20)23(25(30)31)36-27(33)19-10-6-17(2)7-11-19/h4-15,22-23H,1-3H3,(H,28,29)(H,30,31). The van der Waals surface area contributed by atoms with Crippen molar-refractivity contribution in [2.24, 2.45) is 0 Å². The van der Waals surface area contributed by atoms with Crippen LogP contribution in [0.4, 0.5) is 5.69 Å². The van der Waals surface area contributed by atoms with Gasteiger partial charge in [0.05, 0.1) is 18.2 Å². The molecule has 0 aliphatic rings. The number of amides is 1. The van der Waals surface area contributed by atoms with E-state index in [0.717, 1.165) is 11.1 Å². The van der Waals surface area contributed by atoms with Crippen LogP contribution < -0.4 is 10.1 Å². The number of carboxylic acid groups (broad SMARTS) is 1. The summed E-state index contributed by atoms with van der Waals surface area (Å²) in [6.07, 6.45) is -4.11. The van der Waals surface area contributed by atoms with E-state index in [4.69, 9.17) is 14.2 Å². The van der Waals surface area contributed by atoms with Gasteiger partial charge in [-0.15, -0.1) is 0 Å². The molecule has 9 nitrogen and oxygen atoms in total. The SMILES string of the molecule is COc1ccc(NC(=O)C(OC(=O)c2ccc(C)cc2)C(OC(=O)c2ccc(C)cc2)C(=O)O)cc1. The Balaban J connectivity index is 1.89. The average Bonchev–Trinajstić information content (AvgIpc) is 2.87. The molecule has 0 aliphatic heterocycles. The Kier molecular flexibility index (Phi) is 8.40. The molecule has 0 aliphatic carbocycles. The Hall–Kier alpha value is -4.66. The highest BCUT2D eigenvalue weighted by atomic mass is 16.6. The van der Waals surface area contributed by atoms with Crippen LogP contribution in [0.3, 0.4) is 0 Å². The predicted molar refractivity (Wildman–Crippen MR) is 130 cm³/mol. The van der Waals surface area contributed by atoms with Gasteiger partial charge in [-0.05, 0) is 62.4 Å². The lowest BCUT2D eigenvalue weighted by molar-refractivity contribution is -0.157. The maximum atomic E-state index is 13.1. The van der Waals surface area contributed by atoms with Gasteiger partial charge >= 0.3 is 17.9 Å². The molecule has 0 saturated carbocycles. The van der Waals surface area contributed by atoms with Gasteiger partial charge in [-0.3, -0.25) is 4.79 Å². The minimum atomic E-state index is -2.12. The fourth-order valence-electron chi connectivity index (χ4n) is 3.13. The first-order valence-electron chi connectivity index (χ1n) is 10.9. The topological polar surface area (TPSA) is 128 Å². The van der Waals surface area contributed by atoms with E-state index >= 15 is 0 Å². The zero-order valence-corrected chi connectivity index (χ0v) is 19.9. The smallest absolute Gasteiger partial charge is 0.349 e. The summed E-state index contributed by atoms with van der Waals surface area (Å²) < 4.78 is 15.5. The summed E-state index contributed by atoms with van der Waals surface area (Å²) in [6.45, 7) is 3.64. The van der Waals surface area contributed by atoms with Gasteiger partial charge in [0.15, 0.2) is 0 Å². The van der Waals surface area contributed by atoms with Crippen LogP contribution in [-0.4, -0.2) is 48.2 Å². The maximum absolute atomic E-state index is 13.1. The number of hydrogen-bond donors (Lipinski definition) is 2. The Bertz CT molecular complexity index is 1230. The van der Waals surface area contributed by atoms with Gasteiger partial charge < -0.3 is 24.6 Å². The van der Waals surface area contributed by atoms with Crippen LogP contribution >= 0.6 is 0 Å². The van der Waals surface area contributed by atoms with Gasteiger partial charge in [0, 0.05) is 5.69 Å². The summed E-state index contributed by atoms with van der Waals surface area (Å²) in [5, 5.41) is 12.3. The summed E-state index contributed by atoms with van der Waals surface area (Å²) in [5.41, 5.74) is 2.22. The van der Waals surface area contributed by atoms with Crippen LogP contribution in [0.5, 0.6) is 5.75 Å². The zero-order valence-electron chi connectivity index (χ0n) is 19.9. The molecular weight excluding hydrogens is 466 g/mol. The van der Waals surface area contributed by atoms with Gasteiger partial charge in [0.25, 0.3) is 5.91 Å². The monoisotopic (exact) mass is 491 g/mol. The zero-order chi connectivity index (χ0) is 26.2. The number of carbonyl (C=O) groups excluding carboxylic acids is 3. The first-order chi connectivity index (χ1) is 17.2. The quantitative estimate of drug-likeness (QED) is 0.433. The molecule has 186 valence electrons. The molecule has 0 radical (unpaired) electrons.